The lowest BCUT2D eigenvalue weighted by molar-refractivity contribution is -0.192. The van der Waals surface area contributed by atoms with Crippen LogP contribution >= 0.6 is 8.03 Å². The third-order valence-electron chi connectivity index (χ3n) is 3.32. The van der Waals surface area contributed by atoms with Gasteiger partial charge in [0.15, 0.2) is 6.16 Å². The summed E-state index contributed by atoms with van der Waals surface area (Å²) < 4.78 is 15.7. The normalized spacial score (nSPS) is 15.4. The zero-order valence-corrected chi connectivity index (χ0v) is 14.3. The van der Waals surface area contributed by atoms with Crippen molar-refractivity contribution in [2.75, 3.05) is 19.8 Å². The average molecular weight is 360 g/mol. The first-order chi connectivity index (χ1) is 11.5. The fourth-order valence-corrected chi connectivity index (χ4v) is 2.56. The maximum Gasteiger partial charge on any atom is 0.507 e. The highest BCUT2D eigenvalue weighted by Crippen LogP contribution is 2.22. The van der Waals surface area contributed by atoms with Crippen LogP contribution in [0.3, 0.4) is 0 Å². The summed E-state index contributed by atoms with van der Waals surface area (Å²) in [5.41, 5.74) is 0.836. The molecule has 4 unspecified atom stereocenters. The number of hydrogen-bond acceptors (Lipinski definition) is 7. The summed E-state index contributed by atoms with van der Waals surface area (Å²) in [4.78, 5) is 16.2. The van der Waals surface area contributed by atoms with E-state index in [4.69, 9.17) is 4.84 Å². The van der Waals surface area contributed by atoms with Crippen molar-refractivity contribution < 1.29 is 34.0 Å². The molecule has 1 aromatic carbocycles. The average Bonchev–Trinajstić information content (AvgIpc) is 2.62. The second kappa shape index (κ2) is 11.2. The number of carbonyl (C=O) groups excluding carboxylic acids is 1. The summed E-state index contributed by atoms with van der Waals surface area (Å²) in [6.45, 7) is -0.190. The van der Waals surface area contributed by atoms with E-state index in [0.717, 1.165) is 10.6 Å². The standard InChI is InChI=1S/C15H23NO7P/c1-22-24(21)8-7-13(18)15(20)14(19)9-16(11-17)23-10-12-5-3-2-4-6-12/h2-6,11,13-15,18-20H,7-10H2,1H3/q+1. The number of amides is 1. The van der Waals surface area contributed by atoms with Crippen LogP contribution in [0.25, 0.3) is 0 Å². The monoisotopic (exact) mass is 360 g/mol. The number of hydrogen-bond donors (Lipinski definition) is 3. The van der Waals surface area contributed by atoms with Gasteiger partial charge in [0.1, 0.15) is 18.8 Å². The molecule has 0 aliphatic rings. The van der Waals surface area contributed by atoms with Crippen molar-refractivity contribution in [3.8, 4) is 0 Å². The lowest BCUT2D eigenvalue weighted by Crippen LogP contribution is -2.44. The van der Waals surface area contributed by atoms with Crippen LogP contribution in [-0.2, 0) is 25.3 Å². The maximum atomic E-state index is 11.1. The molecule has 0 saturated heterocycles. The highest BCUT2D eigenvalue weighted by atomic mass is 31.1. The van der Waals surface area contributed by atoms with Crippen LogP contribution in [0.15, 0.2) is 30.3 Å². The molecule has 1 aromatic rings. The smallest absolute Gasteiger partial charge is 0.390 e. The van der Waals surface area contributed by atoms with Gasteiger partial charge in [-0.15, -0.1) is 4.52 Å². The molecule has 0 spiro atoms. The predicted molar refractivity (Wildman–Crippen MR) is 86.1 cm³/mol. The first kappa shape index (κ1) is 20.6. The van der Waals surface area contributed by atoms with E-state index >= 15 is 0 Å². The number of carbonyl (C=O) groups is 1. The SMILES string of the molecule is CO[P+](=O)CCC(O)C(O)C(O)CN(C=O)OCc1ccccc1. The molecule has 134 valence electrons. The number of aliphatic hydroxyl groups is 3. The van der Waals surface area contributed by atoms with Gasteiger partial charge in [0.2, 0.25) is 6.41 Å². The van der Waals surface area contributed by atoms with Crippen molar-refractivity contribution >= 4 is 14.4 Å². The Kier molecular flexibility index (Phi) is 9.63. The number of hydroxylamine groups is 2. The minimum absolute atomic E-state index is 0.00671. The van der Waals surface area contributed by atoms with Crippen LogP contribution < -0.4 is 0 Å². The fourth-order valence-electron chi connectivity index (χ4n) is 1.91. The first-order valence-corrected chi connectivity index (χ1v) is 8.76. The molecule has 0 heterocycles. The van der Waals surface area contributed by atoms with Gasteiger partial charge in [0, 0.05) is 6.42 Å². The molecule has 0 aliphatic heterocycles. The van der Waals surface area contributed by atoms with Gasteiger partial charge in [-0.05, 0) is 10.1 Å². The largest absolute Gasteiger partial charge is 0.507 e. The van der Waals surface area contributed by atoms with Crippen LogP contribution in [0.2, 0.25) is 0 Å². The molecule has 3 N–H and O–H groups in total. The Morgan fingerprint density at radius 1 is 1.21 bits per heavy atom. The van der Waals surface area contributed by atoms with E-state index in [9.17, 15) is 24.7 Å². The Labute approximate surface area is 141 Å². The Bertz CT molecular complexity index is 502. The maximum absolute atomic E-state index is 11.1. The van der Waals surface area contributed by atoms with E-state index < -0.39 is 26.3 Å². The lowest BCUT2D eigenvalue weighted by atomic mass is 10.1. The second-order valence-corrected chi connectivity index (χ2v) is 6.59. The van der Waals surface area contributed by atoms with Crippen molar-refractivity contribution in [2.45, 2.75) is 31.3 Å². The lowest BCUT2D eigenvalue weighted by Gasteiger charge is -2.25. The van der Waals surface area contributed by atoms with Crippen molar-refractivity contribution in [3.63, 3.8) is 0 Å². The van der Waals surface area contributed by atoms with Crippen LogP contribution in [0, 0.1) is 0 Å². The van der Waals surface area contributed by atoms with E-state index in [2.05, 4.69) is 4.52 Å². The third-order valence-corrected chi connectivity index (χ3v) is 4.35. The van der Waals surface area contributed by atoms with E-state index in [1.165, 1.54) is 7.11 Å². The summed E-state index contributed by atoms with van der Waals surface area (Å²) in [7, 11) is -0.620. The molecule has 1 rings (SSSR count). The molecule has 0 aromatic heterocycles. The number of rotatable bonds is 12. The van der Waals surface area contributed by atoms with Crippen molar-refractivity contribution in [2.24, 2.45) is 0 Å². The summed E-state index contributed by atoms with van der Waals surface area (Å²) in [6.07, 6.45) is -3.79. The van der Waals surface area contributed by atoms with E-state index in [1.54, 1.807) is 0 Å². The van der Waals surface area contributed by atoms with Crippen molar-refractivity contribution in [3.05, 3.63) is 35.9 Å². The molecule has 0 aliphatic carbocycles. The van der Waals surface area contributed by atoms with E-state index in [1.807, 2.05) is 30.3 Å². The molecular formula is C15H23NO7P+. The zero-order valence-electron chi connectivity index (χ0n) is 13.4. The van der Waals surface area contributed by atoms with Gasteiger partial charge < -0.3 is 15.3 Å². The van der Waals surface area contributed by atoms with Gasteiger partial charge >= 0.3 is 8.03 Å². The molecule has 8 nitrogen and oxygen atoms in total. The first-order valence-electron chi connectivity index (χ1n) is 7.39. The van der Waals surface area contributed by atoms with E-state index in [-0.39, 0.29) is 25.7 Å². The number of benzene rings is 1. The fraction of sp³-hybridized carbons (Fsp3) is 0.533. The molecule has 24 heavy (non-hydrogen) atoms. The van der Waals surface area contributed by atoms with Gasteiger partial charge in [0.05, 0.1) is 19.8 Å². The van der Waals surface area contributed by atoms with Crippen molar-refractivity contribution in [1.29, 1.82) is 0 Å². The predicted octanol–water partition coefficient (Wildman–Crippen LogP) is 0.438. The molecule has 0 radical (unpaired) electrons. The van der Waals surface area contributed by atoms with Gasteiger partial charge in [-0.3, -0.25) is 9.63 Å². The van der Waals surface area contributed by atoms with Gasteiger partial charge in [0.25, 0.3) is 0 Å². The number of aliphatic hydroxyl groups excluding tert-OH is 3. The molecule has 9 heteroatoms. The van der Waals surface area contributed by atoms with Gasteiger partial charge in [-0.1, -0.05) is 30.3 Å². The highest BCUT2D eigenvalue weighted by Gasteiger charge is 2.29. The van der Waals surface area contributed by atoms with Gasteiger partial charge in [-0.2, -0.15) is 0 Å². The van der Waals surface area contributed by atoms with Crippen LogP contribution in [-0.4, -0.2) is 64.9 Å². The summed E-state index contributed by atoms with van der Waals surface area (Å²) in [5.74, 6) is 0. The molecule has 4 atom stereocenters. The topological polar surface area (TPSA) is 117 Å². The Hall–Kier alpha value is -1.41. The van der Waals surface area contributed by atoms with Crippen molar-refractivity contribution in [1.82, 2.24) is 5.06 Å². The third kappa shape index (κ3) is 7.44. The quantitative estimate of drug-likeness (QED) is 0.281. The van der Waals surface area contributed by atoms with Crippen LogP contribution in [0.5, 0.6) is 0 Å². The zero-order chi connectivity index (χ0) is 17.9. The molecule has 0 fully saturated rings. The highest BCUT2D eigenvalue weighted by molar-refractivity contribution is 7.39. The molecular weight excluding hydrogens is 337 g/mol. The van der Waals surface area contributed by atoms with Gasteiger partial charge in [-0.25, -0.2) is 5.06 Å². The Morgan fingerprint density at radius 3 is 2.46 bits per heavy atom. The second-order valence-electron chi connectivity index (χ2n) is 5.12. The summed E-state index contributed by atoms with van der Waals surface area (Å²) in [6, 6.07) is 9.12. The van der Waals surface area contributed by atoms with Crippen LogP contribution in [0.4, 0.5) is 0 Å². The van der Waals surface area contributed by atoms with Crippen LogP contribution in [0.1, 0.15) is 12.0 Å². The molecule has 1 amide bonds. The minimum atomic E-state index is -1.90. The molecule has 0 bridgehead atoms. The Morgan fingerprint density at radius 2 is 1.88 bits per heavy atom. The summed E-state index contributed by atoms with van der Waals surface area (Å²) >= 11 is 0. The number of nitrogens with zero attached hydrogens (tertiary/aromatic N) is 1. The minimum Gasteiger partial charge on any atom is -0.390 e. The summed E-state index contributed by atoms with van der Waals surface area (Å²) in [5, 5.41) is 30.4. The Balaban J connectivity index is 2.42. The molecule has 0 saturated carbocycles. The van der Waals surface area contributed by atoms with E-state index in [0.29, 0.717) is 6.41 Å².